The van der Waals surface area contributed by atoms with Crippen LogP contribution in [0.25, 0.3) is 0 Å². The Balaban J connectivity index is 2.18. The van der Waals surface area contributed by atoms with Crippen LogP contribution in [0.5, 0.6) is 5.75 Å². The zero-order valence-corrected chi connectivity index (χ0v) is 15.1. The number of sulfonamides is 1. The first-order chi connectivity index (χ1) is 11.4. The maximum atomic E-state index is 12.6. The van der Waals surface area contributed by atoms with Crippen molar-refractivity contribution in [2.24, 2.45) is 0 Å². The summed E-state index contributed by atoms with van der Waals surface area (Å²) >= 11 is 0. The number of carbonyl (C=O) groups excluding carboxylic acids is 1. The molecule has 1 aromatic carbocycles. The van der Waals surface area contributed by atoms with Crippen LogP contribution in [0.3, 0.4) is 0 Å². The van der Waals surface area contributed by atoms with E-state index in [1.165, 1.54) is 23.5 Å². The van der Waals surface area contributed by atoms with Gasteiger partial charge in [0.2, 0.25) is 15.9 Å². The molecule has 7 nitrogen and oxygen atoms in total. The van der Waals surface area contributed by atoms with Crippen LogP contribution in [-0.4, -0.2) is 51.4 Å². The molecule has 8 heteroatoms. The van der Waals surface area contributed by atoms with E-state index in [4.69, 9.17) is 4.74 Å². The molecule has 134 valence electrons. The van der Waals surface area contributed by atoms with E-state index in [9.17, 15) is 13.2 Å². The van der Waals surface area contributed by atoms with Crippen molar-refractivity contribution in [3.05, 3.63) is 18.2 Å². The van der Waals surface area contributed by atoms with Crippen molar-refractivity contribution in [2.75, 3.05) is 32.1 Å². The van der Waals surface area contributed by atoms with E-state index < -0.39 is 10.0 Å². The molecule has 2 rings (SSSR count). The minimum absolute atomic E-state index is 0.0711. The van der Waals surface area contributed by atoms with Crippen molar-refractivity contribution in [2.45, 2.75) is 37.6 Å². The molecule has 0 unspecified atom stereocenters. The monoisotopic (exact) mass is 355 g/mol. The first-order valence-corrected chi connectivity index (χ1v) is 9.57. The van der Waals surface area contributed by atoms with Crippen LogP contribution >= 0.6 is 0 Å². The predicted molar refractivity (Wildman–Crippen MR) is 92.8 cm³/mol. The zero-order valence-electron chi connectivity index (χ0n) is 14.3. The molecule has 0 spiro atoms. The molecule has 24 heavy (non-hydrogen) atoms. The van der Waals surface area contributed by atoms with Gasteiger partial charge in [0.25, 0.3) is 0 Å². The smallest absolute Gasteiger partial charge is 0.243 e. The first kappa shape index (κ1) is 18.5. The van der Waals surface area contributed by atoms with Crippen LogP contribution in [0, 0.1) is 0 Å². The van der Waals surface area contributed by atoms with Crippen molar-refractivity contribution in [3.63, 3.8) is 0 Å². The van der Waals surface area contributed by atoms with Crippen LogP contribution < -0.4 is 15.4 Å². The summed E-state index contributed by atoms with van der Waals surface area (Å²) in [5, 5.41) is 5.84. The lowest BCUT2D eigenvalue weighted by molar-refractivity contribution is -0.119. The average molecular weight is 355 g/mol. The summed E-state index contributed by atoms with van der Waals surface area (Å²) in [6.45, 7) is 4.47. The lowest BCUT2D eigenvalue weighted by Crippen LogP contribution is -2.32. The standard InChI is InChI=1S/C16H25N3O4S/c1-4-19(5-2)24(21,22)13-8-9-15(23-3)14(10-13)17-11-16(20)18-12-6-7-12/h8-10,12,17H,4-7,11H2,1-3H3,(H,18,20). The molecule has 2 N–H and O–H groups in total. The van der Waals surface area contributed by atoms with E-state index in [1.807, 2.05) is 0 Å². The van der Waals surface area contributed by atoms with Gasteiger partial charge in [-0.3, -0.25) is 4.79 Å². The Morgan fingerprint density at radius 1 is 1.29 bits per heavy atom. The van der Waals surface area contributed by atoms with E-state index in [0.29, 0.717) is 24.5 Å². The van der Waals surface area contributed by atoms with Crippen molar-refractivity contribution in [3.8, 4) is 5.75 Å². The Morgan fingerprint density at radius 2 is 1.96 bits per heavy atom. The fourth-order valence-corrected chi connectivity index (χ4v) is 3.86. The van der Waals surface area contributed by atoms with Gasteiger partial charge in [0.15, 0.2) is 0 Å². The molecule has 0 aliphatic heterocycles. The maximum absolute atomic E-state index is 12.6. The SMILES string of the molecule is CCN(CC)S(=O)(=O)c1ccc(OC)c(NCC(=O)NC2CC2)c1. The molecule has 0 heterocycles. The molecular formula is C16H25N3O4S. The third kappa shape index (κ3) is 4.39. The number of rotatable bonds is 9. The van der Waals surface area contributed by atoms with Crippen LogP contribution in [-0.2, 0) is 14.8 Å². The van der Waals surface area contributed by atoms with Gasteiger partial charge in [-0.2, -0.15) is 4.31 Å². The number of amides is 1. The molecule has 1 aliphatic rings. The molecule has 0 aromatic heterocycles. The molecular weight excluding hydrogens is 330 g/mol. The summed E-state index contributed by atoms with van der Waals surface area (Å²) in [4.78, 5) is 12.0. The highest BCUT2D eigenvalue weighted by Crippen LogP contribution is 2.28. The molecule has 1 aromatic rings. The number of methoxy groups -OCH3 is 1. The molecule has 1 aliphatic carbocycles. The second kappa shape index (κ2) is 7.85. The van der Waals surface area contributed by atoms with E-state index in [2.05, 4.69) is 10.6 Å². The van der Waals surface area contributed by atoms with Gasteiger partial charge in [0.1, 0.15) is 5.75 Å². The molecule has 1 fully saturated rings. The van der Waals surface area contributed by atoms with Crippen molar-refractivity contribution < 1.29 is 17.9 Å². The van der Waals surface area contributed by atoms with Gasteiger partial charge >= 0.3 is 0 Å². The van der Waals surface area contributed by atoms with E-state index in [0.717, 1.165) is 12.8 Å². The summed E-state index contributed by atoms with van der Waals surface area (Å²) in [5.41, 5.74) is 0.483. The highest BCUT2D eigenvalue weighted by atomic mass is 32.2. The van der Waals surface area contributed by atoms with Gasteiger partial charge in [-0.05, 0) is 31.0 Å². The quantitative estimate of drug-likeness (QED) is 0.699. The zero-order chi connectivity index (χ0) is 17.7. The van der Waals surface area contributed by atoms with E-state index in [1.54, 1.807) is 19.9 Å². The number of carbonyl (C=O) groups is 1. The topological polar surface area (TPSA) is 87.7 Å². The molecule has 0 bridgehead atoms. The predicted octanol–water partition coefficient (Wildman–Crippen LogP) is 1.42. The highest BCUT2D eigenvalue weighted by molar-refractivity contribution is 7.89. The Morgan fingerprint density at radius 3 is 2.50 bits per heavy atom. The van der Waals surface area contributed by atoms with Crippen LogP contribution in [0.4, 0.5) is 5.69 Å². The van der Waals surface area contributed by atoms with Crippen LogP contribution in [0.1, 0.15) is 26.7 Å². The van der Waals surface area contributed by atoms with Gasteiger partial charge < -0.3 is 15.4 Å². The third-order valence-electron chi connectivity index (χ3n) is 3.90. The second-order valence-corrected chi connectivity index (χ2v) is 7.58. The summed E-state index contributed by atoms with van der Waals surface area (Å²) in [7, 11) is -2.06. The summed E-state index contributed by atoms with van der Waals surface area (Å²) in [6.07, 6.45) is 2.04. The Labute approximate surface area is 143 Å². The van der Waals surface area contributed by atoms with Crippen molar-refractivity contribution in [1.29, 1.82) is 0 Å². The number of hydrogen-bond donors (Lipinski definition) is 2. The largest absolute Gasteiger partial charge is 0.495 e. The normalized spacial score (nSPS) is 14.5. The third-order valence-corrected chi connectivity index (χ3v) is 5.94. The van der Waals surface area contributed by atoms with Crippen molar-refractivity contribution in [1.82, 2.24) is 9.62 Å². The van der Waals surface area contributed by atoms with Crippen LogP contribution in [0.2, 0.25) is 0 Å². The minimum Gasteiger partial charge on any atom is -0.495 e. The summed E-state index contributed by atoms with van der Waals surface area (Å²) < 4.78 is 31.9. The van der Waals surface area contributed by atoms with Gasteiger partial charge in [0, 0.05) is 19.1 Å². The summed E-state index contributed by atoms with van der Waals surface area (Å²) in [5.74, 6) is 0.379. The summed E-state index contributed by atoms with van der Waals surface area (Å²) in [6, 6.07) is 4.91. The average Bonchev–Trinajstić information content (AvgIpc) is 3.37. The minimum atomic E-state index is -3.56. The molecule has 0 atom stereocenters. The maximum Gasteiger partial charge on any atom is 0.243 e. The Bertz CT molecular complexity index is 683. The number of nitrogens with zero attached hydrogens (tertiary/aromatic N) is 1. The Hall–Kier alpha value is -1.80. The highest BCUT2D eigenvalue weighted by Gasteiger charge is 2.24. The number of benzene rings is 1. The van der Waals surface area contributed by atoms with E-state index >= 15 is 0 Å². The lowest BCUT2D eigenvalue weighted by atomic mass is 10.3. The number of ether oxygens (including phenoxy) is 1. The van der Waals surface area contributed by atoms with Crippen molar-refractivity contribution >= 4 is 21.6 Å². The molecule has 1 saturated carbocycles. The number of nitrogens with one attached hydrogen (secondary N) is 2. The molecule has 0 radical (unpaired) electrons. The lowest BCUT2D eigenvalue weighted by Gasteiger charge is -2.20. The van der Waals surface area contributed by atoms with E-state index in [-0.39, 0.29) is 23.4 Å². The fourth-order valence-electron chi connectivity index (χ4n) is 2.38. The number of hydrogen-bond acceptors (Lipinski definition) is 5. The van der Waals surface area contributed by atoms with Gasteiger partial charge in [-0.15, -0.1) is 0 Å². The number of anilines is 1. The van der Waals surface area contributed by atoms with Gasteiger partial charge in [-0.25, -0.2) is 8.42 Å². The molecule has 1 amide bonds. The van der Waals surface area contributed by atoms with Gasteiger partial charge in [0.05, 0.1) is 24.2 Å². The second-order valence-electron chi connectivity index (χ2n) is 5.65. The fraction of sp³-hybridized carbons (Fsp3) is 0.562. The van der Waals surface area contributed by atoms with Gasteiger partial charge in [-0.1, -0.05) is 13.8 Å². The Kier molecular flexibility index (Phi) is 6.06. The molecule has 0 saturated heterocycles. The first-order valence-electron chi connectivity index (χ1n) is 8.13. The van der Waals surface area contributed by atoms with Crippen LogP contribution in [0.15, 0.2) is 23.1 Å².